The maximum atomic E-state index is 11.1. The van der Waals surface area contributed by atoms with Crippen LogP contribution in [0.15, 0.2) is 0 Å². The number of pyridine rings is 1. The van der Waals surface area contributed by atoms with Crippen molar-refractivity contribution in [2.24, 2.45) is 23.7 Å². The molecule has 0 saturated carbocycles. The summed E-state index contributed by atoms with van der Waals surface area (Å²) in [5.74, 6) is 11.1. The fourth-order valence-electron chi connectivity index (χ4n) is 4.99. The van der Waals surface area contributed by atoms with Gasteiger partial charge in [0.05, 0.1) is 11.3 Å². The van der Waals surface area contributed by atoms with E-state index in [1.165, 1.54) is 51.4 Å². The van der Waals surface area contributed by atoms with E-state index in [-0.39, 0.29) is 0 Å². The van der Waals surface area contributed by atoms with Gasteiger partial charge in [-0.05, 0) is 37.5 Å². The van der Waals surface area contributed by atoms with Gasteiger partial charge in [-0.3, -0.25) is 4.79 Å². The van der Waals surface area contributed by atoms with Crippen molar-refractivity contribution in [2.45, 2.75) is 106 Å². The van der Waals surface area contributed by atoms with Crippen molar-refractivity contribution in [3.63, 3.8) is 0 Å². The van der Waals surface area contributed by atoms with Crippen LogP contribution in [0.25, 0.3) is 0 Å². The first-order valence-corrected chi connectivity index (χ1v) is 13.6. The van der Waals surface area contributed by atoms with E-state index in [0.717, 1.165) is 59.8 Å². The molecule has 4 nitrogen and oxygen atoms in total. The molecule has 0 fully saturated rings. The van der Waals surface area contributed by atoms with Gasteiger partial charge in [0.25, 0.3) is 6.47 Å². The number of fused-ring (bicyclic) bond motifs is 1. The summed E-state index contributed by atoms with van der Waals surface area (Å²) in [4.78, 5) is 17.9. The Labute approximate surface area is 209 Å². The summed E-state index contributed by atoms with van der Waals surface area (Å²) >= 11 is 0. The molecule has 4 heteroatoms. The van der Waals surface area contributed by atoms with Crippen LogP contribution in [0.2, 0.25) is 0 Å². The molecule has 1 aliphatic rings. The van der Waals surface area contributed by atoms with E-state index >= 15 is 0 Å². The highest BCUT2D eigenvalue weighted by Crippen LogP contribution is 2.35. The van der Waals surface area contributed by atoms with Crippen LogP contribution in [-0.2, 0) is 11.2 Å². The number of hydrogen-bond acceptors (Lipinski definition) is 4. The second-order valence-corrected chi connectivity index (χ2v) is 11.2. The number of aromatic nitrogens is 1. The summed E-state index contributed by atoms with van der Waals surface area (Å²) in [6.45, 7) is 15.0. The van der Waals surface area contributed by atoms with E-state index in [9.17, 15) is 4.79 Å². The number of carbonyl (C=O) groups is 1. The Morgan fingerprint density at radius 3 is 2.15 bits per heavy atom. The fraction of sp³-hybridized carbons (Fsp3) is 0.733. The van der Waals surface area contributed by atoms with Crippen LogP contribution >= 0.6 is 0 Å². The lowest BCUT2D eigenvalue weighted by atomic mass is 9.91. The Morgan fingerprint density at radius 1 is 0.971 bits per heavy atom. The molecule has 3 atom stereocenters. The first-order valence-electron chi connectivity index (χ1n) is 13.6. The third-order valence-electron chi connectivity index (χ3n) is 7.28. The highest BCUT2D eigenvalue weighted by molar-refractivity contribution is 5.67. The topological polar surface area (TPSA) is 42.4 Å². The predicted molar refractivity (Wildman–Crippen MR) is 143 cm³/mol. The molecule has 0 aromatic carbocycles. The van der Waals surface area contributed by atoms with Gasteiger partial charge in [-0.15, -0.1) is 0 Å². The SMILES string of the molecule is Cc1nc2c(c(C#CC(C)CCC[C@H](C)CCCC(C)CCCC(C)C)c1OC=O)CCN2C. The predicted octanol–water partition coefficient (Wildman–Crippen LogP) is 7.34. The zero-order chi connectivity index (χ0) is 25.1. The van der Waals surface area contributed by atoms with Gasteiger partial charge >= 0.3 is 0 Å². The van der Waals surface area contributed by atoms with E-state index < -0.39 is 0 Å². The van der Waals surface area contributed by atoms with Gasteiger partial charge in [-0.1, -0.05) is 97.8 Å². The van der Waals surface area contributed by atoms with Crippen LogP contribution in [0.3, 0.4) is 0 Å². The molecule has 0 saturated heterocycles. The van der Waals surface area contributed by atoms with Crippen molar-refractivity contribution in [3.05, 3.63) is 16.8 Å². The summed E-state index contributed by atoms with van der Waals surface area (Å²) in [5.41, 5.74) is 2.68. The summed E-state index contributed by atoms with van der Waals surface area (Å²) in [6, 6.07) is 0. The number of anilines is 1. The smallest absolute Gasteiger partial charge is 0.298 e. The Hall–Kier alpha value is -2.02. The largest absolute Gasteiger partial charge is 0.425 e. The van der Waals surface area contributed by atoms with Crippen molar-refractivity contribution >= 4 is 12.3 Å². The minimum atomic E-state index is 0.320. The molecule has 0 aliphatic carbocycles. The lowest BCUT2D eigenvalue weighted by molar-refractivity contribution is -0.120. The average Bonchev–Trinajstić information content (AvgIpc) is 3.13. The Morgan fingerprint density at radius 2 is 1.56 bits per heavy atom. The van der Waals surface area contributed by atoms with E-state index in [0.29, 0.717) is 18.1 Å². The van der Waals surface area contributed by atoms with E-state index in [1.54, 1.807) is 0 Å². The maximum absolute atomic E-state index is 11.1. The fourth-order valence-corrected chi connectivity index (χ4v) is 4.99. The van der Waals surface area contributed by atoms with Crippen LogP contribution in [0.1, 0.15) is 109 Å². The number of nitrogens with zero attached hydrogens (tertiary/aromatic N) is 2. The molecule has 1 aliphatic heterocycles. The molecule has 0 bridgehead atoms. The molecule has 2 rings (SSSR count). The van der Waals surface area contributed by atoms with Crippen molar-refractivity contribution in [1.29, 1.82) is 0 Å². The van der Waals surface area contributed by atoms with Crippen molar-refractivity contribution in [1.82, 2.24) is 4.98 Å². The first kappa shape index (κ1) is 28.2. The minimum Gasteiger partial charge on any atom is -0.425 e. The quantitative estimate of drug-likeness (QED) is 0.211. The number of hydrogen-bond donors (Lipinski definition) is 0. The molecule has 34 heavy (non-hydrogen) atoms. The zero-order valence-electron chi connectivity index (χ0n) is 22.9. The van der Waals surface area contributed by atoms with Gasteiger partial charge < -0.3 is 9.64 Å². The third-order valence-corrected chi connectivity index (χ3v) is 7.28. The zero-order valence-corrected chi connectivity index (χ0v) is 22.9. The molecular formula is C30H48N2O2. The second kappa shape index (κ2) is 14.4. The molecule has 0 spiro atoms. The molecule has 190 valence electrons. The van der Waals surface area contributed by atoms with Crippen LogP contribution in [-0.4, -0.2) is 25.0 Å². The van der Waals surface area contributed by atoms with Gasteiger partial charge in [0.2, 0.25) is 0 Å². The third kappa shape index (κ3) is 8.97. The number of ether oxygens (including phenoxy) is 1. The number of likely N-dealkylation sites (N-methyl/N-ethyl adjacent to an activating group) is 1. The average molecular weight is 469 g/mol. The van der Waals surface area contributed by atoms with E-state index in [2.05, 4.69) is 56.3 Å². The lowest BCUT2D eigenvalue weighted by Gasteiger charge is -2.15. The molecule has 2 heterocycles. The Kier molecular flexibility index (Phi) is 11.9. The summed E-state index contributed by atoms with van der Waals surface area (Å²) < 4.78 is 5.30. The van der Waals surface area contributed by atoms with Gasteiger partial charge in [-0.2, -0.15) is 0 Å². The maximum Gasteiger partial charge on any atom is 0.298 e. The highest BCUT2D eigenvalue weighted by Gasteiger charge is 2.25. The normalized spacial score (nSPS) is 15.5. The minimum absolute atomic E-state index is 0.320. The summed E-state index contributed by atoms with van der Waals surface area (Å²) in [7, 11) is 2.05. The molecule has 0 amide bonds. The van der Waals surface area contributed by atoms with Crippen molar-refractivity contribution in [2.75, 3.05) is 18.5 Å². The van der Waals surface area contributed by atoms with Crippen LogP contribution in [0, 0.1) is 42.4 Å². The number of aryl methyl sites for hydroxylation is 1. The lowest BCUT2D eigenvalue weighted by Crippen LogP contribution is -2.14. The summed E-state index contributed by atoms with van der Waals surface area (Å²) in [6.07, 6.45) is 12.7. The first-order chi connectivity index (χ1) is 16.2. The van der Waals surface area contributed by atoms with Crippen LogP contribution in [0.4, 0.5) is 5.82 Å². The highest BCUT2D eigenvalue weighted by atomic mass is 16.5. The molecule has 2 unspecified atom stereocenters. The van der Waals surface area contributed by atoms with Crippen LogP contribution in [0.5, 0.6) is 5.75 Å². The number of rotatable bonds is 14. The number of carbonyl (C=O) groups excluding carboxylic acids is 1. The van der Waals surface area contributed by atoms with Gasteiger partial charge in [0, 0.05) is 25.1 Å². The second-order valence-electron chi connectivity index (χ2n) is 11.2. The van der Waals surface area contributed by atoms with Crippen molar-refractivity contribution in [3.8, 4) is 17.6 Å². The molecule has 0 N–H and O–H groups in total. The van der Waals surface area contributed by atoms with E-state index in [1.807, 2.05) is 14.0 Å². The van der Waals surface area contributed by atoms with Crippen molar-refractivity contribution < 1.29 is 9.53 Å². The molecule has 1 aromatic heterocycles. The monoisotopic (exact) mass is 468 g/mol. The van der Waals surface area contributed by atoms with Gasteiger partial charge in [0.1, 0.15) is 5.82 Å². The molecule has 1 aromatic rings. The molecular weight excluding hydrogens is 420 g/mol. The van der Waals surface area contributed by atoms with Gasteiger partial charge in [0.15, 0.2) is 5.75 Å². The summed E-state index contributed by atoms with van der Waals surface area (Å²) in [5, 5.41) is 0. The molecule has 0 radical (unpaired) electrons. The van der Waals surface area contributed by atoms with Gasteiger partial charge in [-0.25, -0.2) is 4.98 Å². The Balaban J connectivity index is 1.79. The Bertz CT molecular complexity index is 836. The standard InChI is InChI=1S/C30H48N2O2/c1-22(2)11-8-12-23(3)13-9-14-24(4)15-10-16-25(5)17-18-27-28-19-20-32(7)30(28)31-26(6)29(27)34-21-33/h21-25H,8-16,19-20H2,1-7H3/t23?,24-,25?/m1/s1. The van der Waals surface area contributed by atoms with E-state index in [4.69, 9.17) is 4.74 Å². The van der Waals surface area contributed by atoms with Crippen LogP contribution < -0.4 is 9.64 Å².